The zero-order valence-corrected chi connectivity index (χ0v) is 24.6. The number of benzene rings is 2. The molecule has 0 saturated heterocycles. The molecule has 39 heavy (non-hydrogen) atoms. The summed E-state index contributed by atoms with van der Waals surface area (Å²) in [7, 11) is 1.38. The summed E-state index contributed by atoms with van der Waals surface area (Å²) in [6.45, 7) is 12.5. The number of likely N-dealkylation sites (N-methyl/N-ethyl adjacent to an activating group) is 2. The summed E-state index contributed by atoms with van der Waals surface area (Å²) in [5, 5.41) is 3.09. The number of anilines is 1. The Morgan fingerprint density at radius 1 is 0.795 bits per heavy atom. The molecule has 0 heterocycles. The fraction of sp³-hybridized carbons (Fsp3) is 0.531. The van der Waals surface area contributed by atoms with Gasteiger partial charge in [-0.1, -0.05) is 51.8 Å². The van der Waals surface area contributed by atoms with E-state index >= 15 is 0 Å². The van der Waals surface area contributed by atoms with Crippen molar-refractivity contribution in [1.82, 2.24) is 9.80 Å². The van der Waals surface area contributed by atoms with E-state index < -0.39 is 0 Å². The summed E-state index contributed by atoms with van der Waals surface area (Å²) >= 11 is 0. The monoisotopic (exact) mass is 537 g/mol. The van der Waals surface area contributed by atoms with Crippen molar-refractivity contribution in [2.24, 2.45) is 0 Å². The fourth-order valence-corrected chi connectivity index (χ4v) is 4.63. The second-order valence-corrected chi connectivity index (χ2v) is 9.83. The van der Waals surface area contributed by atoms with Crippen LogP contribution in [0.5, 0.6) is 0 Å². The summed E-state index contributed by atoms with van der Waals surface area (Å²) in [6, 6.07) is 13.2. The molecule has 2 aromatic rings. The van der Waals surface area contributed by atoms with E-state index in [9.17, 15) is 14.4 Å². The first-order valence-electron chi connectivity index (χ1n) is 14.5. The molecule has 2 aromatic carbocycles. The third-order valence-electron chi connectivity index (χ3n) is 7.14. The highest BCUT2D eigenvalue weighted by atomic mass is 16.5. The Bertz CT molecular complexity index is 1050. The topological polar surface area (TPSA) is 79.0 Å². The van der Waals surface area contributed by atoms with Gasteiger partial charge in [-0.2, -0.15) is 0 Å². The lowest BCUT2D eigenvalue weighted by Gasteiger charge is -2.26. The third-order valence-corrected chi connectivity index (χ3v) is 7.14. The van der Waals surface area contributed by atoms with E-state index in [1.807, 2.05) is 42.2 Å². The van der Waals surface area contributed by atoms with Gasteiger partial charge < -0.3 is 19.9 Å². The van der Waals surface area contributed by atoms with Gasteiger partial charge in [-0.05, 0) is 81.1 Å². The standard InChI is InChI=1S/C32H47N3O4/c1-6-13-26-20-21-28(31(37)35(9-4)23-22-34(7-2)8-3)24-29(26)33-30(36)15-12-10-11-14-25-16-18-27(19-17-25)32(38)39-5/h16-21,24H,6-15,22-23H2,1-5H3,(H,33,36). The zero-order valence-electron chi connectivity index (χ0n) is 24.6. The Kier molecular flexibility index (Phi) is 14.3. The van der Waals surface area contributed by atoms with E-state index in [1.54, 1.807) is 12.1 Å². The van der Waals surface area contributed by atoms with Crippen LogP contribution in [0, 0.1) is 0 Å². The van der Waals surface area contributed by atoms with Crippen molar-refractivity contribution in [3.8, 4) is 0 Å². The molecule has 0 spiro atoms. The maximum Gasteiger partial charge on any atom is 0.337 e. The van der Waals surface area contributed by atoms with Crippen LogP contribution in [0.3, 0.4) is 0 Å². The van der Waals surface area contributed by atoms with Gasteiger partial charge in [0, 0.05) is 37.3 Å². The molecule has 0 unspecified atom stereocenters. The van der Waals surface area contributed by atoms with E-state index in [-0.39, 0.29) is 17.8 Å². The van der Waals surface area contributed by atoms with E-state index in [2.05, 4.69) is 31.0 Å². The fourth-order valence-electron chi connectivity index (χ4n) is 4.63. The number of unbranched alkanes of at least 4 members (excludes halogenated alkanes) is 2. The number of carbonyl (C=O) groups excluding carboxylic acids is 3. The first kappa shape index (κ1) is 32.0. The Morgan fingerprint density at radius 3 is 2.10 bits per heavy atom. The lowest BCUT2D eigenvalue weighted by molar-refractivity contribution is -0.116. The van der Waals surface area contributed by atoms with E-state index in [1.165, 1.54) is 7.11 Å². The van der Waals surface area contributed by atoms with Gasteiger partial charge in [0.2, 0.25) is 5.91 Å². The van der Waals surface area contributed by atoms with Gasteiger partial charge in [0.25, 0.3) is 5.91 Å². The van der Waals surface area contributed by atoms with Crippen molar-refractivity contribution in [1.29, 1.82) is 0 Å². The average Bonchev–Trinajstić information content (AvgIpc) is 2.96. The molecule has 7 heteroatoms. The molecule has 0 aliphatic carbocycles. The van der Waals surface area contributed by atoms with Crippen LogP contribution in [0.25, 0.3) is 0 Å². The number of methoxy groups -OCH3 is 1. The summed E-state index contributed by atoms with van der Waals surface area (Å²) in [5.74, 6) is -0.348. The second kappa shape index (κ2) is 17.4. The molecule has 2 rings (SSSR count). The predicted octanol–water partition coefficient (Wildman–Crippen LogP) is 5.97. The van der Waals surface area contributed by atoms with Crippen molar-refractivity contribution in [2.75, 3.05) is 45.2 Å². The van der Waals surface area contributed by atoms with Gasteiger partial charge in [-0.25, -0.2) is 4.79 Å². The van der Waals surface area contributed by atoms with Crippen LogP contribution in [0.4, 0.5) is 5.69 Å². The number of nitrogens with zero attached hydrogens (tertiary/aromatic N) is 2. The number of aryl methyl sites for hydroxylation is 2. The number of ether oxygens (including phenoxy) is 1. The van der Waals surface area contributed by atoms with Crippen LogP contribution in [0.15, 0.2) is 42.5 Å². The van der Waals surface area contributed by atoms with Gasteiger partial charge in [-0.15, -0.1) is 0 Å². The molecule has 0 bridgehead atoms. The lowest BCUT2D eigenvalue weighted by Crippen LogP contribution is -2.38. The summed E-state index contributed by atoms with van der Waals surface area (Å²) < 4.78 is 4.74. The smallest absolute Gasteiger partial charge is 0.337 e. The van der Waals surface area contributed by atoms with E-state index in [0.29, 0.717) is 30.6 Å². The molecule has 0 aromatic heterocycles. The quantitative estimate of drug-likeness (QED) is 0.199. The van der Waals surface area contributed by atoms with Crippen LogP contribution < -0.4 is 5.32 Å². The minimum Gasteiger partial charge on any atom is -0.465 e. The predicted molar refractivity (Wildman–Crippen MR) is 158 cm³/mol. The highest BCUT2D eigenvalue weighted by Gasteiger charge is 2.17. The summed E-state index contributed by atoms with van der Waals surface area (Å²) in [4.78, 5) is 41.8. The van der Waals surface area contributed by atoms with Crippen molar-refractivity contribution in [3.05, 3.63) is 64.7 Å². The molecule has 0 aliphatic heterocycles. The SMILES string of the molecule is CCCc1ccc(C(=O)N(CC)CCN(CC)CC)cc1NC(=O)CCCCCc1ccc(C(=O)OC)cc1. The largest absolute Gasteiger partial charge is 0.465 e. The van der Waals surface area contributed by atoms with Crippen LogP contribution >= 0.6 is 0 Å². The number of rotatable bonds is 17. The van der Waals surface area contributed by atoms with Gasteiger partial charge in [0.1, 0.15) is 0 Å². The number of carbonyl (C=O) groups is 3. The van der Waals surface area contributed by atoms with E-state index in [0.717, 1.165) is 75.0 Å². The Morgan fingerprint density at radius 2 is 1.49 bits per heavy atom. The number of hydrogen-bond donors (Lipinski definition) is 1. The molecule has 0 fully saturated rings. The van der Waals surface area contributed by atoms with Crippen molar-refractivity contribution < 1.29 is 19.1 Å². The maximum absolute atomic E-state index is 13.3. The van der Waals surface area contributed by atoms with Crippen molar-refractivity contribution in [2.45, 2.75) is 72.6 Å². The van der Waals surface area contributed by atoms with Gasteiger partial charge in [-0.3, -0.25) is 9.59 Å². The number of nitrogens with one attached hydrogen (secondary N) is 1. The molecule has 0 aliphatic rings. The first-order valence-corrected chi connectivity index (χ1v) is 14.5. The molecular formula is C32H47N3O4. The van der Waals surface area contributed by atoms with Crippen molar-refractivity contribution in [3.63, 3.8) is 0 Å². The Labute approximate surface area is 234 Å². The van der Waals surface area contributed by atoms with Crippen LogP contribution in [-0.2, 0) is 22.4 Å². The van der Waals surface area contributed by atoms with Crippen LogP contribution in [0.2, 0.25) is 0 Å². The van der Waals surface area contributed by atoms with Gasteiger partial charge in [0.05, 0.1) is 12.7 Å². The number of amides is 2. The zero-order chi connectivity index (χ0) is 28.6. The molecule has 0 atom stereocenters. The van der Waals surface area contributed by atoms with Crippen molar-refractivity contribution >= 4 is 23.5 Å². The molecule has 2 amide bonds. The van der Waals surface area contributed by atoms with Crippen LogP contribution in [-0.4, -0.2) is 67.4 Å². The highest BCUT2D eigenvalue weighted by Crippen LogP contribution is 2.22. The number of hydrogen-bond acceptors (Lipinski definition) is 5. The number of esters is 1. The van der Waals surface area contributed by atoms with Gasteiger partial charge in [0.15, 0.2) is 0 Å². The molecule has 1 N–H and O–H groups in total. The average molecular weight is 538 g/mol. The summed E-state index contributed by atoms with van der Waals surface area (Å²) in [6.07, 6.45) is 5.84. The molecule has 0 radical (unpaired) electrons. The van der Waals surface area contributed by atoms with Crippen LogP contribution in [0.1, 0.15) is 91.6 Å². The van der Waals surface area contributed by atoms with Gasteiger partial charge >= 0.3 is 5.97 Å². The van der Waals surface area contributed by atoms with E-state index in [4.69, 9.17) is 4.74 Å². The lowest BCUT2D eigenvalue weighted by atomic mass is 10.0. The molecule has 0 saturated carbocycles. The molecular weight excluding hydrogens is 490 g/mol. The second-order valence-electron chi connectivity index (χ2n) is 9.83. The molecule has 214 valence electrons. The normalized spacial score (nSPS) is 10.9. The molecule has 7 nitrogen and oxygen atoms in total. The minimum absolute atomic E-state index is 0.00261. The third kappa shape index (κ3) is 10.5. The Balaban J connectivity index is 1.91. The first-order chi connectivity index (χ1) is 18.9. The minimum atomic E-state index is -0.331. The highest BCUT2D eigenvalue weighted by molar-refractivity contribution is 5.98. The Hall–Kier alpha value is -3.19. The maximum atomic E-state index is 13.3. The summed E-state index contributed by atoms with van der Waals surface area (Å²) in [5.41, 5.74) is 4.14.